The van der Waals surface area contributed by atoms with Gasteiger partial charge in [-0.25, -0.2) is 9.37 Å². The Hall–Kier alpha value is -2.03. The number of hydrogen-bond acceptors (Lipinski definition) is 5. The number of thiazole rings is 1. The molecule has 0 saturated carbocycles. The first kappa shape index (κ1) is 20.7. The second-order valence-corrected chi connectivity index (χ2v) is 8.48. The van der Waals surface area contributed by atoms with Crippen molar-refractivity contribution in [2.24, 2.45) is 0 Å². The van der Waals surface area contributed by atoms with E-state index in [0.29, 0.717) is 17.4 Å². The topological polar surface area (TPSA) is 45.7 Å². The van der Waals surface area contributed by atoms with Gasteiger partial charge in [0.2, 0.25) is 0 Å². The first-order chi connectivity index (χ1) is 13.4. The van der Waals surface area contributed by atoms with E-state index < -0.39 is 0 Å². The van der Waals surface area contributed by atoms with Crippen LogP contribution in [0.25, 0.3) is 10.2 Å². The van der Waals surface area contributed by atoms with Crippen molar-refractivity contribution >= 4 is 48.5 Å². The van der Waals surface area contributed by atoms with Crippen molar-refractivity contribution in [2.75, 3.05) is 38.7 Å². The number of aromatic nitrogens is 1. The summed E-state index contributed by atoms with van der Waals surface area (Å²) in [6.45, 7) is 1.27. The molecule has 0 aliphatic heterocycles. The highest BCUT2D eigenvalue weighted by Gasteiger charge is 2.20. The van der Waals surface area contributed by atoms with Gasteiger partial charge in [0, 0.05) is 11.0 Å². The van der Waals surface area contributed by atoms with E-state index in [1.165, 1.54) is 35.6 Å². The largest absolute Gasteiger partial charge is 0.484 e. The predicted molar refractivity (Wildman–Crippen MR) is 115 cm³/mol. The third-order valence-electron chi connectivity index (χ3n) is 4.03. The van der Waals surface area contributed by atoms with E-state index >= 15 is 0 Å². The van der Waals surface area contributed by atoms with Crippen molar-refractivity contribution in [3.63, 3.8) is 0 Å². The van der Waals surface area contributed by atoms with Crippen LogP contribution in [-0.4, -0.2) is 49.6 Å². The van der Waals surface area contributed by atoms with Crippen LogP contribution in [0.2, 0.25) is 0 Å². The zero-order chi connectivity index (χ0) is 20.1. The number of anilines is 1. The highest BCUT2D eigenvalue weighted by Crippen LogP contribution is 2.31. The number of benzene rings is 2. The SMILES string of the molecule is CN(C)CCCN(C(=O)COc1ccc(F)cc1)c1nc2ccc(Br)cc2s1. The average Bonchev–Trinajstić information content (AvgIpc) is 3.07. The molecule has 0 bridgehead atoms. The van der Waals surface area contributed by atoms with Crippen LogP contribution in [0.1, 0.15) is 6.42 Å². The van der Waals surface area contributed by atoms with E-state index in [4.69, 9.17) is 4.74 Å². The van der Waals surface area contributed by atoms with Gasteiger partial charge in [-0.1, -0.05) is 27.3 Å². The molecule has 28 heavy (non-hydrogen) atoms. The Morgan fingerprint density at radius 3 is 2.64 bits per heavy atom. The number of nitrogens with zero attached hydrogens (tertiary/aromatic N) is 3. The lowest BCUT2D eigenvalue weighted by atomic mass is 10.3. The number of carbonyl (C=O) groups is 1. The molecule has 148 valence electrons. The lowest BCUT2D eigenvalue weighted by Crippen LogP contribution is -2.36. The number of amides is 1. The summed E-state index contributed by atoms with van der Waals surface area (Å²) in [7, 11) is 4.00. The minimum absolute atomic E-state index is 0.132. The van der Waals surface area contributed by atoms with Crippen LogP contribution in [-0.2, 0) is 4.79 Å². The van der Waals surface area contributed by atoms with Crippen molar-refractivity contribution in [3.8, 4) is 5.75 Å². The highest BCUT2D eigenvalue weighted by molar-refractivity contribution is 9.10. The third-order valence-corrected chi connectivity index (χ3v) is 5.57. The molecule has 1 aromatic heterocycles. The molecule has 2 aromatic carbocycles. The summed E-state index contributed by atoms with van der Waals surface area (Å²) in [6, 6.07) is 11.5. The molecule has 3 aromatic rings. The number of halogens is 2. The van der Waals surface area contributed by atoms with Crippen molar-refractivity contribution in [1.29, 1.82) is 0 Å². The first-order valence-corrected chi connectivity index (χ1v) is 10.4. The molecule has 0 spiro atoms. The number of rotatable bonds is 8. The van der Waals surface area contributed by atoms with Gasteiger partial charge >= 0.3 is 0 Å². The van der Waals surface area contributed by atoms with Gasteiger partial charge in [0.25, 0.3) is 5.91 Å². The van der Waals surface area contributed by atoms with Crippen molar-refractivity contribution in [3.05, 3.63) is 52.8 Å². The summed E-state index contributed by atoms with van der Waals surface area (Å²) in [6.07, 6.45) is 0.814. The van der Waals surface area contributed by atoms with Gasteiger partial charge in [-0.2, -0.15) is 0 Å². The summed E-state index contributed by atoms with van der Waals surface area (Å²) in [5.74, 6) is -0.0675. The van der Waals surface area contributed by atoms with Crippen LogP contribution < -0.4 is 9.64 Å². The monoisotopic (exact) mass is 465 g/mol. The van der Waals surface area contributed by atoms with Crippen LogP contribution in [0.3, 0.4) is 0 Å². The molecule has 0 fully saturated rings. The first-order valence-electron chi connectivity index (χ1n) is 8.82. The average molecular weight is 466 g/mol. The number of fused-ring (bicyclic) bond motifs is 1. The van der Waals surface area contributed by atoms with Crippen LogP contribution in [0.5, 0.6) is 5.75 Å². The molecule has 0 radical (unpaired) electrons. The maximum Gasteiger partial charge on any atom is 0.266 e. The van der Waals surface area contributed by atoms with Crippen LogP contribution >= 0.6 is 27.3 Å². The molecule has 3 rings (SSSR count). The maximum absolute atomic E-state index is 13.0. The van der Waals surface area contributed by atoms with Gasteiger partial charge in [-0.05, 0) is 69.5 Å². The molecular weight excluding hydrogens is 445 g/mol. The molecule has 1 amide bonds. The molecule has 0 saturated heterocycles. The van der Waals surface area contributed by atoms with Crippen molar-refractivity contribution in [2.45, 2.75) is 6.42 Å². The Bertz CT molecular complexity index is 946. The van der Waals surface area contributed by atoms with E-state index in [9.17, 15) is 9.18 Å². The van der Waals surface area contributed by atoms with Crippen molar-refractivity contribution < 1.29 is 13.9 Å². The molecule has 0 aliphatic rings. The van der Waals surface area contributed by atoms with E-state index in [2.05, 4.69) is 25.8 Å². The highest BCUT2D eigenvalue weighted by atomic mass is 79.9. The second-order valence-electron chi connectivity index (χ2n) is 6.55. The molecule has 0 atom stereocenters. The predicted octanol–water partition coefficient (Wildman–Crippen LogP) is 4.56. The zero-order valence-corrected chi connectivity index (χ0v) is 18.1. The Labute approximate surface area is 175 Å². The Balaban J connectivity index is 1.76. The van der Waals surface area contributed by atoms with Crippen LogP contribution in [0.4, 0.5) is 9.52 Å². The fourth-order valence-corrected chi connectivity index (χ4v) is 4.19. The van der Waals surface area contributed by atoms with Gasteiger partial charge in [0.15, 0.2) is 11.7 Å². The third kappa shape index (κ3) is 5.50. The Kier molecular flexibility index (Phi) is 6.98. The summed E-state index contributed by atoms with van der Waals surface area (Å²) < 4.78 is 20.6. The molecule has 5 nitrogen and oxygen atoms in total. The van der Waals surface area contributed by atoms with Gasteiger partial charge in [0.05, 0.1) is 10.2 Å². The quantitative estimate of drug-likeness (QED) is 0.488. The molecule has 0 unspecified atom stereocenters. The number of carbonyl (C=O) groups excluding carboxylic acids is 1. The van der Waals surface area contributed by atoms with E-state index in [1.54, 1.807) is 4.90 Å². The van der Waals surface area contributed by atoms with Gasteiger partial charge < -0.3 is 9.64 Å². The molecule has 1 heterocycles. The maximum atomic E-state index is 13.0. The Morgan fingerprint density at radius 2 is 1.93 bits per heavy atom. The summed E-state index contributed by atoms with van der Waals surface area (Å²) in [4.78, 5) is 21.2. The lowest BCUT2D eigenvalue weighted by Gasteiger charge is -2.21. The lowest BCUT2D eigenvalue weighted by molar-refractivity contribution is -0.120. The fraction of sp³-hybridized carbons (Fsp3) is 0.300. The van der Waals surface area contributed by atoms with Crippen molar-refractivity contribution in [1.82, 2.24) is 9.88 Å². The van der Waals surface area contributed by atoms with E-state index in [1.807, 2.05) is 32.3 Å². The number of hydrogen-bond donors (Lipinski definition) is 0. The van der Waals surface area contributed by atoms with Gasteiger partial charge in [0.1, 0.15) is 11.6 Å². The Morgan fingerprint density at radius 1 is 1.18 bits per heavy atom. The second kappa shape index (κ2) is 9.45. The van der Waals surface area contributed by atoms with Crippen LogP contribution in [0, 0.1) is 5.82 Å². The summed E-state index contributed by atoms with van der Waals surface area (Å²) in [5, 5.41) is 0.652. The zero-order valence-electron chi connectivity index (χ0n) is 15.7. The molecule has 0 N–H and O–H groups in total. The van der Waals surface area contributed by atoms with E-state index in [-0.39, 0.29) is 18.3 Å². The van der Waals surface area contributed by atoms with Gasteiger partial charge in [-0.3, -0.25) is 9.69 Å². The summed E-state index contributed by atoms with van der Waals surface area (Å²) in [5.41, 5.74) is 0.855. The molecule has 0 aliphatic carbocycles. The molecule has 8 heteroatoms. The molecular formula is C20H21BrFN3O2S. The minimum atomic E-state index is -0.343. The van der Waals surface area contributed by atoms with Gasteiger partial charge in [-0.15, -0.1) is 0 Å². The minimum Gasteiger partial charge on any atom is -0.484 e. The van der Waals surface area contributed by atoms with Crippen LogP contribution in [0.15, 0.2) is 46.9 Å². The summed E-state index contributed by atoms with van der Waals surface area (Å²) >= 11 is 4.94. The fourth-order valence-electron chi connectivity index (χ4n) is 2.63. The van der Waals surface area contributed by atoms with E-state index in [0.717, 1.165) is 27.7 Å². The standard InChI is InChI=1S/C20H21BrFN3O2S/c1-24(2)10-3-11-25(19(26)13-27-16-7-5-15(22)6-8-16)20-23-17-9-4-14(21)12-18(17)28-20/h4-9,12H,3,10-11,13H2,1-2H3. The smallest absolute Gasteiger partial charge is 0.266 e. The normalized spacial score (nSPS) is 11.2. The number of ether oxygens (including phenoxy) is 1.